The molecule has 6 atom stereocenters. The molecule has 2 bridgehead atoms. The second-order valence-electron chi connectivity index (χ2n) is 7.29. The Hall–Kier alpha value is -1.24. The molecule has 6 nitrogen and oxygen atoms in total. The van der Waals surface area contributed by atoms with Crippen molar-refractivity contribution in [2.45, 2.75) is 61.9 Å². The number of thioether (sulfide) groups is 1. The van der Waals surface area contributed by atoms with Crippen LogP contribution in [0.15, 0.2) is 5.16 Å². The molecule has 1 amide bonds. The molecule has 23 heavy (non-hydrogen) atoms. The lowest BCUT2D eigenvalue weighted by atomic mass is 9.79. The van der Waals surface area contributed by atoms with Crippen molar-refractivity contribution in [3.8, 4) is 0 Å². The quantitative estimate of drug-likeness (QED) is 0.717. The third-order valence-electron chi connectivity index (χ3n) is 6.15. The lowest BCUT2D eigenvalue weighted by Crippen LogP contribution is -2.45. The Morgan fingerprint density at radius 2 is 2.22 bits per heavy atom. The van der Waals surface area contributed by atoms with Gasteiger partial charge in [0.15, 0.2) is 0 Å². The number of nitrogen functional groups attached to an aromatic ring is 1. The van der Waals surface area contributed by atoms with Crippen LogP contribution in [-0.4, -0.2) is 32.4 Å². The maximum absolute atomic E-state index is 12.7. The Kier molecular flexibility index (Phi) is 3.99. The molecule has 0 unspecified atom stereocenters. The topological polar surface area (TPSA) is 96.7 Å². The monoisotopic (exact) mass is 335 g/mol. The summed E-state index contributed by atoms with van der Waals surface area (Å²) in [5.41, 5.74) is 5.55. The normalized spacial score (nSPS) is 36.1. The number of nitrogens with zero attached hydrogens (tertiary/aromatic N) is 2. The van der Waals surface area contributed by atoms with E-state index >= 15 is 0 Å². The van der Waals surface area contributed by atoms with Gasteiger partial charge in [-0.15, -0.1) is 5.10 Å². The zero-order valence-electron chi connectivity index (χ0n) is 13.5. The van der Waals surface area contributed by atoms with Gasteiger partial charge in [-0.2, -0.15) is 4.98 Å². The summed E-state index contributed by atoms with van der Waals surface area (Å²) in [5.74, 6) is 3.84. The number of carbonyl (C=O) groups is 1. The van der Waals surface area contributed by atoms with Gasteiger partial charge in [0, 0.05) is 6.04 Å². The third kappa shape index (κ3) is 2.73. The molecule has 3 aliphatic rings. The highest BCUT2D eigenvalue weighted by atomic mass is 32.2. The molecule has 4 N–H and O–H groups in total. The van der Waals surface area contributed by atoms with E-state index in [-0.39, 0.29) is 11.2 Å². The van der Waals surface area contributed by atoms with Crippen LogP contribution in [0.1, 0.15) is 45.4 Å². The number of rotatable bonds is 5. The van der Waals surface area contributed by atoms with Crippen LogP contribution < -0.4 is 11.1 Å². The number of fused-ring (bicyclic) bond motifs is 5. The molecule has 0 spiro atoms. The van der Waals surface area contributed by atoms with E-state index in [1.807, 2.05) is 6.92 Å². The summed E-state index contributed by atoms with van der Waals surface area (Å²) in [6, 6.07) is 0.388. The van der Waals surface area contributed by atoms with Crippen molar-refractivity contribution in [1.29, 1.82) is 0 Å². The molecule has 0 aromatic carbocycles. The Balaban J connectivity index is 1.37. The summed E-state index contributed by atoms with van der Waals surface area (Å²) < 4.78 is 0. The first kappa shape index (κ1) is 15.3. The van der Waals surface area contributed by atoms with Crippen molar-refractivity contribution >= 4 is 23.6 Å². The number of nitrogens with one attached hydrogen (secondary N) is 2. The minimum atomic E-state index is -0.149. The van der Waals surface area contributed by atoms with E-state index in [9.17, 15) is 4.79 Å². The molecule has 1 aromatic heterocycles. The zero-order valence-corrected chi connectivity index (χ0v) is 14.3. The van der Waals surface area contributed by atoms with Gasteiger partial charge in [-0.1, -0.05) is 25.1 Å². The van der Waals surface area contributed by atoms with Crippen LogP contribution in [0.5, 0.6) is 0 Å². The number of hydrogen-bond donors (Lipinski definition) is 3. The van der Waals surface area contributed by atoms with Gasteiger partial charge in [0.25, 0.3) is 0 Å². The van der Waals surface area contributed by atoms with Crippen molar-refractivity contribution in [3.63, 3.8) is 0 Å². The van der Waals surface area contributed by atoms with Gasteiger partial charge >= 0.3 is 0 Å². The first-order chi connectivity index (χ1) is 11.2. The molecule has 4 rings (SSSR count). The van der Waals surface area contributed by atoms with Crippen molar-refractivity contribution in [2.24, 2.45) is 23.7 Å². The second-order valence-corrected chi connectivity index (χ2v) is 8.46. The summed E-state index contributed by atoms with van der Waals surface area (Å²) in [7, 11) is 0. The highest BCUT2D eigenvalue weighted by Gasteiger charge is 2.54. The lowest BCUT2D eigenvalue weighted by molar-refractivity contribution is -0.121. The Morgan fingerprint density at radius 1 is 1.39 bits per heavy atom. The van der Waals surface area contributed by atoms with E-state index in [1.165, 1.54) is 43.9 Å². The molecule has 3 fully saturated rings. The maximum Gasteiger partial charge on any atom is 0.233 e. The van der Waals surface area contributed by atoms with Crippen LogP contribution in [-0.2, 0) is 4.79 Å². The summed E-state index contributed by atoms with van der Waals surface area (Å²) in [4.78, 5) is 16.8. The van der Waals surface area contributed by atoms with Gasteiger partial charge in [0.2, 0.25) is 17.0 Å². The van der Waals surface area contributed by atoms with Gasteiger partial charge in [-0.3, -0.25) is 4.79 Å². The molecule has 3 aliphatic carbocycles. The SMILES string of the molecule is CC[C@H](Sc1n[nH]c(N)n1)C(=O)N[C@@H]1C[C@H]2C[C@H]1[C@@H]1CCC[C@@H]21. The molecule has 0 radical (unpaired) electrons. The zero-order chi connectivity index (χ0) is 16.0. The van der Waals surface area contributed by atoms with Gasteiger partial charge in [-0.25, -0.2) is 5.10 Å². The van der Waals surface area contributed by atoms with Crippen molar-refractivity contribution in [3.05, 3.63) is 0 Å². The molecule has 126 valence electrons. The van der Waals surface area contributed by atoms with Gasteiger partial charge in [0.1, 0.15) is 0 Å². The predicted octanol–water partition coefficient (Wildman–Crippen LogP) is 2.20. The second kappa shape index (κ2) is 6.00. The largest absolute Gasteiger partial charge is 0.368 e. The summed E-state index contributed by atoms with van der Waals surface area (Å²) in [6.07, 6.45) is 7.47. The van der Waals surface area contributed by atoms with Crippen LogP contribution >= 0.6 is 11.8 Å². The average Bonchev–Trinajstić information content (AvgIpc) is 3.26. The fraction of sp³-hybridized carbons (Fsp3) is 0.812. The van der Waals surface area contributed by atoms with Gasteiger partial charge in [-0.05, 0) is 55.8 Å². The van der Waals surface area contributed by atoms with Crippen molar-refractivity contribution in [2.75, 3.05) is 5.73 Å². The van der Waals surface area contributed by atoms with Gasteiger partial charge in [0.05, 0.1) is 5.25 Å². The Labute approximate surface area is 140 Å². The van der Waals surface area contributed by atoms with Crippen LogP contribution in [0.25, 0.3) is 0 Å². The predicted molar refractivity (Wildman–Crippen MR) is 89.7 cm³/mol. The number of hydrogen-bond acceptors (Lipinski definition) is 5. The Morgan fingerprint density at radius 3 is 2.96 bits per heavy atom. The van der Waals surface area contributed by atoms with Crippen molar-refractivity contribution in [1.82, 2.24) is 20.5 Å². The minimum absolute atomic E-state index is 0.132. The summed E-state index contributed by atoms with van der Waals surface area (Å²) in [6.45, 7) is 2.03. The summed E-state index contributed by atoms with van der Waals surface area (Å²) >= 11 is 1.39. The molecular weight excluding hydrogens is 310 g/mol. The fourth-order valence-electron chi connectivity index (χ4n) is 5.27. The highest BCUT2D eigenvalue weighted by Crippen LogP contribution is 2.58. The highest BCUT2D eigenvalue weighted by molar-refractivity contribution is 8.00. The minimum Gasteiger partial charge on any atom is -0.368 e. The number of aromatic nitrogens is 3. The van der Waals surface area contributed by atoms with E-state index in [0.717, 1.165) is 30.1 Å². The Bertz CT molecular complexity index is 591. The lowest BCUT2D eigenvalue weighted by Gasteiger charge is -2.32. The van der Waals surface area contributed by atoms with Crippen LogP contribution in [0, 0.1) is 23.7 Å². The van der Waals surface area contributed by atoms with Crippen molar-refractivity contribution < 1.29 is 4.79 Å². The molecular formula is C16H25N5OS. The van der Waals surface area contributed by atoms with Gasteiger partial charge < -0.3 is 11.1 Å². The maximum atomic E-state index is 12.7. The molecule has 0 aliphatic heterocycles. The van der Waals surface area contributed by atoms with E-state index in [0.29, 0.717) is 17.1 Å². The molecule has 3 saturated carbocycles. The first-order valence-electron chi connectivity index (χ1n) is 8.80. The molecule has 1 heterocycles. The smallest absolute Gasteiger partial charge is 0.233 e. The van der Waals surface area contributed by atoms with E-state index in [4.69, 9.17) is 5.73 Å². The van der Waals surface area contributed by atoms with E-state index in [1.54, 1.807) is 0 Å². The van der Waals surface area contributed by atoms with E-state index < -0.39 is 0 Å². The van der Waals surface area contributed by atoms with Crippen LogP contribution in [0.3, 0.4) is 0 Å². The standard InChI is InChI=1S/C16H25N5OS/c1-2-13(23-16-19-15(17)20-21-16)14(22)18-12-7-8-6-11(12)10-5-3-4-9(8)10/h8-13H,2-7H2,1H3,(H,18,22)(H3,17,19,20,21)/t8-,9+,10-,11+,12-,13+/m1/s1. The first-order valence-corrected chi connectivity index (χ1v) is 9.68. The number of carbonyl (C=O) groups excluding carboxylic acids is 1. The third-order valence-corrected chi connectivity index (χ3v) is 7.37. The molecule has 1 aromatic rings. The van der Waals surface area contributed by atoms with Crippen LogP contribution in [0.2, 0.25) is 0 Å². The van der Waals surface area contributed by atoms with Crippen LogP contribution in [0.4, 0.5) is 5.95 Å². The summed E-state index contributed by atoms with van der Waals surface area (Å²) in [5, 5.41) is 10.4. The number of anilines is 1. The molecule has 7 heteroatoms. The average molecular weight is 335 g/mol. The fourth-order valence-corrected chi connectivity index (χ4v) is 6.12. The number of nitrogens with two attached hydrogens (primary N) is 1. The number of H-pyrrole nitrogens is 1. The number of aromatic amines is 1. The molecule has 0 saturated heterocycles. The number of amides is 1. The van der Waals surface area contributed by atoms with E-state index in [2.05, 4.69) is 20.5 Å².